The molecule has 2 amide bonds. The molecule has 0 unspecified atom stereocenters. The van der Waals surface area contributed by atoms with Crippen molar-refractivity contribution >= 4 is 23.3 Å². The van der Waals surface area contributed by atoms with E-state index in [1.807, 2.05) is 31.6 Å². The maximum Gasteiger partial charge on any atom is 0.322 e. The first-order chi connectivity index (χ1) is 13.5. The molecule has 3 aromatic rings. The summed E-state index contributed by atoms with van der Waals surface area (Å²) in [6.07, 6.45) is 3.87. The predicted octanol–water partition coefficient (Wildman–Crippen LogP) is 4.26. The summed E-state index contributed by atoms with van der Waals surface area (Å²) in [6.45, 7) is 1.11. The molecule has 1 N–H and O–H groups in total. The number of methoxy groups -OCH3 is 1. The summed E-state index contributed by atoms with van der Waals surface area (Å²) in [6, 6.07) is 13.2. The summed E-state index contributed by atoms with van der Waals surface area (Å²) < 4.78 is 7.12. The number of amides is 2. The van der Waals surface area contributed by atoms with Gasteiger partial charge in [0.1, 0.15) is 5.75 Å². The number of fused-ring (bicyclic) bond motifs is 1. The van der Waals surface area contributed by atoms with Crippen molar-refractivity contribution in [1.29, 1.82) is 0 Å². The van der Waals surface area contributed by atoms with Crippen LogP contribution in [-0.4, -0.2) is 34.4 Å². The van der Waals surface area contributed by atoms with Gasteiger partial charge in [0.2, 0.25) is 0 Å². The number of hydrogen-bond donors (Lipinski definition) is 1. The normalized spacial score (nSPS) is 15.8. The number of carbonyl (C=O) groups excluding carboxylic acids is 1. The Morgan fingerprint density at radius 3 is 2.86 bits per heavy atom. The minimum Gasteiger partial charge on any atom is -0.495 e. The molecule has 4 rings (SSSR count). The van der Waals surface area contributed by atoms with Crippen molar-refractivity contribution in [3.63, 3.8) is 0 Å². The van der Waals surface area contributed by atoms with Crippen LogP contribution in [0.3, 0.4) is 0 Å². The van der Waals surface area contributed by atoms with Crippen molar-refractivity contribution in [1.82, 2.24) is 14.7 Å². The van der Waals surface area contributed by atoms with Gasteiger partial charge in [0.05, 0.1) is 19.0 Å². The molecule has 144 valence electrons. The molecule has 2 aromatic carbocycles. The van der Waals surface area contributed by atoms with E-state index >= 15 is 0 Å². The fraction of sp³-hybridized carbons (Fsp3) is 0.238. The molecule has 1 atom stereocenters. The maximum atomic E-state index is 13.0. The van der Waals surface area contributed by atoms with Crippen molar-refractivity contribution in [2.24, 2.45) is 7.05 Å². The van der Waals surface area contributed by atoms with Gasteiger partial charge in [-0.15, -0.1) is 0 Å². The molecule has 1 aliphatic rings. The number of urea groups is 1. The average molecular weight is 397 g/mol. The largest absolute Gasteiger partial charge is 0.495 e. The lowest BCUT2D eigenvalue weighted by Crippen LogP contribution is -2.41. The third-order valence-electron chi connectivity index (χ3n) is 5.01. The number of rotatable bonds is 3. The third-order valence-corrected chi connectivity index (χ3v) is 5.25. The number of halogens is 1. The van der Waals surface area contributed by atoms with E-state index in [2.05, 4.69) is 22.5 Å². The van der Waals surface area contributed by atoms with Crippen LogP contribution in [0.4, 0.5) is 10.5 Å². The van der Waals surface area contributed by atoms with Crippen LogP contribution in [0.5, 0.6) is 5.75 Å². The van der Waals surface area contributed by atoms with Gasteiger partial charge in [-0.25, -0.2) is 4.79 Å². The molecule has 0 fully saturated rings. The van der Waals surface area contributed by atoms with Gasteiger partial charge in [0.25, 0.3) is 0 Å². The zero-order valence-corrected chi connectivity index (χ0v) is 16.5. The molecule has 0 saturated carbocycles. The maximum absolute atomic E-state index is 13.0. The second kappa shape index (κ2) is 7.56. The number of nitrogens with zero attached hydrogens (tertiary/aromatic N) is 3. The van der Waals surface area contributed by atoms with Gasteiger partial charge in [-0.2, -0.15) is 5.10 Å². The SMILES string of the molecule is COc1ccc(Cl)cc1NC(=O)N1Cc2ccccc2[C@H](c2cnn(C)c2)C1. The van der Waals surface area contributed by atoms with Gasteiger partial charge >= 0.3 is 6.03 Å². The number of aromatic nitrogens is 2. The number of carbonyl (C=O) groups is 1. The first kappa shape index (κ1) is 18.4. The minimum absolute atomic E-state index is 0.0747. The molecule has 0 spiro atoms. The number of anilines is 1. The molecule has 0 radical (unpaired) electrons. The van der Waals surface area contributed by atoms with E-state index in [0.29, 0.717) is 29.5 Å². The molecule has 0 aliphatic carbocycles. The fourth-order valence-electron chi connectivity index (χ4n) is 3.64. The zero-order chi connectivity index (χ0) is 19.7. The number of ether oxygens (including phenoxy) is 1. The van der Waals surface area contributed by atoms with Crippen LogP contribution >= 0.6 is 11.6 Å². The van der Waals surface area contributed by atoms with Crippen LogP contribution in [0, 0.1) is 0 Å². The van der Waals surface area contributed by atoms with E-state index in [9.17, 15) is 4.79 Å². The summed E-state index contributed by atoms with van der Waals surface area (Å²) in [5.74, 6) is 0.643. The van der Waals surface area contributed by atoms with E-state index in [1.54, 1.807) is 34.9 Å². The monoisotopic (exact) mass is 396 g/mol. The second-order valence-corrected chi connectivity index (χ2v) is 7.29. The Balaban J connectivity index is 1.62. The zero-order valence-electron chi connectivity index (χ0n) is 15.7. The van der Waals surface area contributed by atoms with E-state index in [-0.39, 0.29) is 11.9 Å². The van der Waals surface area contributed by atoms with Gasteiger partial charge in [-0.1, -0.05) is 35.9 Å². The Morgan fingerprint density at radius 2 is 2.11 bits per heavy atom. The molecule has 28 heavy (non-hydrogen) atoms. The van der Waals surface area contributed by atoms with Crippen LogP contribution in [0.1, 0.15) is 22.6 Å². The Hall–Kier alpha value is -2.99. The van der Waals surface area contributed by atoms with Gasteiger partial charge < -0.3 is 15.0 Å². The van der Waals surface area contributed by atoms with Gasteiger partial charge in [-0.3, -0.25) is 4.68 Å². The molecule has 6 nitrogen and oxygen atoms in total. The first-order valence-electron chi connectivity index (χ1n) is 9.01. The summed E-state index contributed by atoms with van der Waals surface area (Å²) >= 11 is 6.09. The van der Waals surface area contributed by atoms with E-state index in [1.165, 1.54) is 5.56 Å². The van der Waals surface area contributed by atoms with Crippen molar-refractivity contribution in [2.75, 3.05) is 19.0 Å². The van der Waals surface area contributed by atoms with Crippen molar-refractivity contribution in [3.05, 3.63) is 76.6 Å². The highest BCUT2D eigenvalue weighted by Crippen LogP contribution is 2.34. The van der Waals surface area contributed by atoms with Gasteiger partial charge in [0.15, 0.2) is 0 Å². The second-order valence-electron chi connectivity index (χ2n) is 6.85. The summed E-state index contributed by atoms with van der Waals surface area (Å²) in [4.78, 5) is 14.8. The number of hydrogen-bond acceptors (Lipinski definition) is 3. The highest BCUT2D eigenvalue weighted by Gasteiger charge is 2.30. The first-order valence-corrected chi connectivity index (χ1v) is 9.39. The number of nitrogens with one attached hydrogen (secondary N) is 1. The van der Waals surface area contributed by atoms with Crippen LogP contribution in [-0.2, 0) is 13.6 Å². The van der Waals surface area contributed by atoms with E-state index in [4.69, 9.17) is 16.3 Å². The number of aryl methyl sites for hydroxylation is 1. The number of benzene rings is 2. The van der Waals surface area contributed by atoms with Crippen LogP contribution < -0.4 is 10.1 Å². The molecule has 0 bridgehead atoms. The standard InChI is InChI=1S/C21H21ClN4O2/c1-25-11-15(10-23-25)18-13-26(12-14-5-3-4-6-17(14)18)21(27)24-19-9-16(22)7-8-20(19)28-2/h3-11,18H,12-13H2,1-2H3,(H,24,27)/t18-/m0/s1. The molecule has 7 heteroatoms. The summed E-state index contributed by atoms with van der Waals surface area (Å²) in [5, 5.41) is 7.77. The smallest absolute Gasteiger partial charge is 0.322 e. The summed E-state index contributed by atoms with van der Waals surface area (Å²) in [7, 11) is 3.46. The molecule has 2 heterocycles. The van der Waals surface area contributed by atoms with Crippen LogP contribution in [0.15, 0.2) is 54.9 Å². The minimum atomic E-state index is -0.191. The van der Waals surface area contributed by atoms with Crippen LogP contribution in [0.2, 0.25) is 5.02 Å². The molecule has 1 aromatic heterocycles. The Bertz CT molecular complexity index is 1020. The lowest BCUT2D eigenvalue weighted by Gasteiger charge is -2.34. The molecule has 0 saturated heterocycles. The Morgan fingerprint density at radius 1 is 1.29 bits per heavy atom. The fourth-order valence-corrected chi connectivity index (χ4v) is 3.81. The summed E-state index contributed by atoms with van der Waals surface area (Å²) in [5.41, 5.74) is 4.01. The molecular weight excluding hydrogens is 376 g/mol. The van der Waals surface area contributed by atoms with E-state index in [0.717, 1.165) is 11.1 Å². The topological polar surface area (TPSA) is 59.4 Å². The molecule has 1 aliphatic heterocycles. The Labute approximate surface area is 168 Å². The van der Waals surface area contributed by atoms with Crippen molar-refractivity contribution in [2.45, 2.75) is 12.5 Å². The highest BCUT2D eigenvalue weighted by molar-refractivity contribution is 6.31. The van der Waals surface area contributed by atoms with Crippen molar-refractivity contribution < 1.29 is 9.53 Å². The third kappa shape index (κ3) is 3.55. The lowest BCUT2D eigenvalue weighted by molar-refractivity contribution is 0.202. The quantitative estimate of drug-likeness (QED) is 0.719. The highest BCUT2D eigenvalue weighted by atomic mass is 35.5. The molecular formula is C21H21ClN4O2. The lowest BCUT2D eigenvalue weighted by atomic mass is 9.86. The predicted molar refractivity (Wildman–Crippen MR) is 109 cm³/mol. The van der Waals surface area contributed by atoms with Crippen LogP contribution in [0.25, 0.3) is 0 Å². The Kier molecular flexibility index (Phi) is 4.96. The van der Waals surface area contributed by atoms with Crippen molar-refractivity contribution in [3.8, 4) is 5.75 Å². The van der Waals surface area contributed by atoms with Gasteiger partial charge in [-0.05, 0) is 34.9 Å². The van der Waals surface area contributed by atoms with Gasteiger partial charge in [0, 0.05) is 37.3 Å². The average Bonchev–Trinajstić information content (AvgIpc) is 3.13. The van der Waals surface area contributed by atoms with E-state index < -0.39 is 0 Å².